The molecule has 7 nitrogen and oxygen atoms in total. The summed E-state index contributed by atoms with van der Waals surface area (Å²) in [5, 5.41) is 0. The molecule has 0 amide bonds. The van der Waals surface area contributed by atoms with Gasteiger partial charge in [0.05, 0.1) is 31.6 Å². The van der Waals surface area contributed by atoms with Gasteiger partial charge in [0.25, 0.3) is 0 Å². The van der Waals surface area contributed by atoms with E-state index in [0.29, 0.717) is 18.2 Å². The zero-order valence-electron chi connectivity index (χ0n) is 18.2. The van der Waals surface area contributed by atoms with E-state index in [1.165, 1.54) is 0 Å². The van der Waals surface area contributed by atoms with Crippen LogP contribution in [-0.4, -0.2) is 41.2 Å². The third-order valence-electron chi connectivity index (χ3n) is 5.13. The topological polar surface area (TPSA) is 65.9 Å². The molecule has 1 aliphatic heterocycles. The van der Waals surface area contributed by atoms with Gasteiger partial charge in [-0.05, 0) is 43.7 Å². The van der Waals surface area contributed by atoms with Crippen molar-refractivity contribution in [2.24, 2.45) is 0 Å². The van der Waals surface area contributed by atoms with Crippen LogP contribution in [0.3, 0.4) is 0 Å². The lowest BCUT2D eigenvalue weighted by Gasteiger charge is -2.26. The Kier molecular flexibility index (Phi) is 6.06. The van der Waals surface area contributed by atoms with Gasteiger partial charge >= 0.3 is 0 Å². The van der Waals surface area contributed by atoms with Crippen LogP contribution in [0.15, 0.2) is 61.1 Å². The van der Waals surface area contributed by atoms with E-state index in [4.69, 9.17) is 18.9 Å². The maximum absolute atomic E-state index is 6.43. The van der Waals surface area contributed by atoms with Gasteiger partial charge < -0.3 is 18.9 Å². The van der Waals surface area contributed by atoms with E-state index in [9.17, 15) is 0 Å². The lowest BCUT2D eigenvalue weighted by molar-refractivity contribution is -0.0445. The van der Waals surface area contributed by atoms with Crippen LogP contribution < -0.4 is 14.2 Å². The molecule has 1 atom stereocenters. The normalized spacial score (nSPS) is 18.0. The van der Waals surface area contributed by atoms with Crippen molar-refractivity contribution in [3.05, 3.63) is 72.2 Å². The fraction of sp³-hybridized carbons (Fsp3) is 0.333. The van der Waals surface area contributed by atoms with Crippen molar-refractivity contribution in [3.8, 4) is 23.1 Å². The Labute approximate surface area is 182 Å². The summed E-state index contributed by atoms with van der Waals surface area (Å²) in [5.41, 5.74) is 1.75. The monoisotopic (exact) mass is 421 g/mol. The Morgan fingerprint density at radius 2 is 1.74 bits per heavy atom. The fourth-order valence-electron chi connectivity index (χ4n) is 3.85. The van der Waals surface area contributed by atoms with Crippen LogP contribution in [0.5, 0.6) is 23.1 Å². The van der Waals surface area contributed by atoms with E-state index in [2.05, 4.69) is 28.7 Å². The van der Waals surface area contributed by atoms with Crippen molar-refractivity contribution >= 4 is 0 Å². The maximum Gasteiger partial charge on any atom is 0.237 e. The van der Waals surface area contributed by atoms with Crippen molar-refractivity contribution < 1.29 is 18.9 Å². The Hall–Kier alpha value is -3.16. The molecule has 1 unspecified atom stereocenters. The van der Waals surface area contributed by atoms with Gasteiger partial charge in [-0.15, -0.1) is 0 Å². The number of hydrogen-bond acceptors (Lipinski definition) is 7. The summed E-state index contributed by atoms with van der Waals surface area (Å²) in [7, 11) is 3.33. The van der Waals surface area contributed by atoms with E-state index < -0.39 is 0 Å². The Balaban J connectivity index is 1.56. The van der Waals surface area contributed by atoms with E-state index in [1.807, 2.05) is 42.5 Å². The number of hydrogen-bond donors (Lipinski definition) is 0. The second-order valence-corrected chi connectivity index (χ2v) is 8.00. The molecule has 1 saturated heterocycles. The smallest absolute Gasteiger partial charge is 0.237 e. The molecular formula is C24H27N3O4. The maximum atomic E-state index is 6.43. The molecule has 0 saturated carbocycles. The number of rotatable bonds is 7. The predicted molar refractivity (Wildman–Crippen MR) is 116 cm³/mol. The molecule has 1 aromatic heterocycles. The molecule has 31 heavy (non-hydrogen) atoms. The molecule has 0 radical (unpaired) electrons. The summed E-state index contributed by atoms with van der Waals surface area (Å²) < 4.78 is 23.4. The van der Waals surface area contributed by atoms with Crippen molar-refractivity contribution in [1.29, 1.82) is 0 Å². The first kappa shape index (κ1) is 21.1. The first-order chi connectivity index (χ1) is 15.0. The molecule has 0 spiro atoms. The first-order valence-electron chi connectivity index (χ1n) is 10.1. The standard InChI is InChI=1S/C24H27N3O4/c1-24(2)16-27(23(31-24)22-19(28-3)6-5-7-20(22)29-4)15-17-8-10-18(11-9-17)30-21-14-25-12-13-26-21/h5-14,23H,15-16H2,1-4H3. The minimum absolute atomic E-state index is 0.281. The van der Waals surface area contributed by atoms with Crippen LogP contribution in [0.2, 0.25) is 0 Å². The van der Waals surface area contributed by atoms with Gasteiger partial charge in [0.15, 0.2) is 0 Å². The number of methoxy groups -OCH3 is 2. The lowest BCUT2D eigenvalue weighted by Crippen LogP contribution is -2.28. The molecule has 7 heteroatoms. The molecular weight excluding hydrogens is 394 g/mol. The molecule has 0 aliphatic carbocycles. The van der Waals surface area contributed by atoms with Crippen LogP contribution in [0.25, 0.3) is 0 Å². The molecule has 2 aromatic carbocycles. The van der Waals surface area contributed by atoms with E-state index >= 15 is 0 Å². The summed E-state index contributed by atoms with van der Waals surface area (Å²) in [6.07, 6.45) is 4.52. The molecule has 162 valence electrons. The molecule has 4 rings (SSSR count). The Morgan fingerprint density at radius 1 is 1.03 bits per heavy atom. The molecule has 1 fully saturated rings. The quantitative estimate of drug-likeness (QED) is 0.552. The summed E-state index contributed by atoms with van der Waals surface area (Å²) in [6.45, 7) is 5.68. The highest BCUT2D eigenvalue weighted by Gasteiger charge is 2.41. The average Bonchev–Trinajstić information content (AvgIpc) is 3.08. The number of benzene rings is 2. The summed E-state index contributed by atoms with van der Waals surface area (Å²) in [4.78, 5) is 10.4. The van der Waals surface area contributed by atoms with Gasteiger partial charge in [-0.3, -0.25) is 9.88 Å². The zero-order chi connectivity index (χ0) is 21.8. The van der Waals surface area contributed by atoms with Crippen molar-refractivity contribution in [2.75, 3.05) is 20.8 Å². The highest BCUT2D eigenvalue weighted by atomic mass is 16.5. The predicted octanol–water partition coefficient (Wildman–Crippen LogP) is 4.60. The number of nitrogens with zero attached hydrogens (tertiary/aromatic N) is 3. The van der Waals surface area contributed by atoms with E-state index in [-0.39, 0.29) is 11.8 Å². The minimum atomic E-state index is -0.300. The highest BCUT2D eigenvalue weighted by molar-refractivity contribution is 5.46. The van der Waals surface area contributed by atoms with Crippen molar-refractivity contribution in [2.45, 2.75) is 32.2 Å². The second-order valence-electron chi connectivity index (χ2n) is 8.00. The van der Waals surface area contributed by atoms with Gasteiger partial charge in [0.2, 0.25) is 5.88 Å². The first-order valence-corrected chi connectivity index (χ1v) is 10.1. The lowest BCUT2D eigenvalue weighted by atomic mass is 10.1. The largest absolute Gasteiger partial charge is 0.496 e. The van der Waals surface area contributed by atoms with Crippen molar-refractivity contribution in [1.82, 2.24) is 14.9 Å². The van der Waals surface area contributed by atoms with Gasteiger partial charge in [-0.25, -0.2) is 4.98 Å². The van der Waals surface area contributed by atoms with Crippen LogP contribution in [0.4, 0.5) is 0 Å². The minimum Gasteiger partial charge on any atom is -0.496 e. The fourth-order valence-corrected chi connectivity index (χ4v) is 3.85. The second kappa shape index (κ2) is 8.91. The molecule has 1 aliphatic rings. The Morgan fingerprint density at radius 3 is 2.35 bits per heavy atom. The van der Waals surface area contributed by atoms with Crippen LogP contribution in [0.1, 0.15) is 31.2 Å². The van der Waals surface area contributed by atoms with Crippen molar-refractivity contribution in [3.63, 3.8) is 0 Å². The van der Waals surface area contributed by atoms with E-state index in [1.54, 1.807) is 32.8 Å². The summed E-state index contributed by atoms with van der Waals surface area (Å²) in [6, 6.07) is 13.8. The third-order valence-corrected chi connectivity index (χ3v) is 5.13. The van der Waals surface area contributed by atoms with Gasteiger partial charge in [-0.1, -0.05) is 18.2 Å². The number of ether oxygens (including phenoxy) is 4. The molecule has 3 aromatic rings. The van der Waals surface area contributed by atoms with Gasteiger partial charge in [0, 0.05) is 25.5 Å². The molecule has 2 heterocycles. The summed E-state index contributed by atoms with van der Waals surface area (Å²) >= 11 is 0. The number of aromatic nitrogens is 2. The van der Waals surface area contributed by atoms with E-state index in [0.717, 1.165) is 29.2 Å². The zero-order valence-corrected chi connectivity index (χ0v) is 18.2. The van der Waals surface area contributed by atoms with Gasteiger partial charge in [-0.2, -0.15) is 0 Å². The third kappa shape index (κ3) is 4.78. The SMILES string of the molecule is COc1cccc(OC)c1C1OC(C)(C)CN1Cc1ccc(Oc2cnccn2)cc1. The highest BCUT2D eigenvalue weighted by Crippen LogP contribution is 2.44. The average molecular weight is 421 g/mol. The Bertz CT molecular complexity index is 987. The molecule has 0 N–H and O–H groups in total. The van der Waals surface area contributed by atoms with Crippen LogP contribution >= 0.6 is 0 Å². The van der Waals surface area contributed by atoms with Crippen LogP contribution in [-0.2, 0) is 11.3 Å². The summed E-state index contributed by atoms with van der Waals surface area (Å²) in [5.74, 6) is 2.68. The molecule has 0 bridgehead atoms. The van der Waals surface area contributed by atoms with Gasteiger partial charge in [0.1, 0.15) is 23.5 Å². The van der Waals surface area contributed by atoms with Crippen LogP contribution in [0, 0.1) is 0 Å².